The van der Waals surface area contributed by atoms with Gasteiger partial charge in [-0.25, -0.2) is 0 Å². The smallest absolute Gasteiger partial charge is 0.249 e. The number of benzene rings is 3. The van der Waals surface area contributed by atoms with Gasteiger partial charge in [0, 0.05) is 4.47 Å². The SMILES string of the molecule is CCN(CC)C(C(=O)N(Cc1ccccc1)c1ccccc1Br)c1ccccc1. The van der Waals surface area contributed by atoms with E-state index in [1.165, 1.54) is 0 Å². The molecule has 3 aromatic carbocycles. The van der Waals surface area contributed by atoms with Gasteiger partial charge >= 0.3 is 0 Å². The zero-order chi connectivity index (χ0) is 20.6. The lowest BCUT2D eigenvalue weighted by molar-refractivity contribution is -0.124. The molecule has 0 aliphatic rings. The highest BCUT2D eigenvalue weighted by atomic mass is 79.9. The summed E-state index contributed by atoms with van der Waals surface area (Å²) in [6.07, 6.45) is 0. The normalized spacial score (nSPS) is 12.0. The predicted molar refractivity (Wildman–Crippen MR) is 124 cm³/mol. The van der Waals surface area contributed by atoms with Crippen LogP contribution in [-0.2, 0) is 11.3 Å². The highest BCUT2D eigenvalue weighted by Gasteiger charge is 2.31. The summed E-state index contributed by atoms with van der Waals surface area (Å²) >= 11 is 3.65. The van der Waals surface area contributed by atoms with Gasteiger partial charge in [-0.05, 0) is 52.3 Å². The first-order valence-electron chi connectivity index (χ1n) is 10.0. The third kappa shape index (κ3) is 5.14. The number of likely N-dealkylation sites (N-methyl/N-ethyl adjacent to an activating group) is 1. The number of amides is 1. The van der Waals surface area contributed by atoms with Crippen molar-refractivity contribution in [3.05, 3.63) is 101 Å². The molecule has 3 aromatic rings. The lowest BCUT2D eigenvalue weighted by Gasteiger charge is -2.34. The number of halogens is 1. The fourth-order valence-electron chi connectivity index (χ4n) is 3.60. The number of hydrogen-bond acceptors (Lipinski definition) is 2. The summed E-state index contributed by atoms with van der Waals surface area (Å²) in [5.74, 6) is 0.0793. The molecule has 1 unspecified atom stereocenters. The number of anilines is 1. The van der Waals surface area contributed by atoms with Crippen LogP contribution in [0.4, 0.5) is 5.69 Å². The average molecular weight is 451 g/mol. The Balaban J connectivity index is 2.06. The molecule has 0 heterocycles. The fraction of sp³-hybridized carbons (Fsp3) is 0.240. The second-order valence-corrected chi connectivity index (χ2v) is 7.75. The van der Waals surface area contributed by atoms with E-state index in [4.69, 9.17) is 0 Å². The molecule has 1 amide bonds. The van der Waals surface area contributed by atoms with Crippen molar-refractivity contribution in [3.63, 3.8) is 0 Å². The molecule has 0 fully saturated rings. The van der Waals surface area contributed by atoms with Crippen LogP contribution in [0.3, 0.4) is 0 Å². The molecule has 0 spiro atoms. The van der Waals surface area contributed by atoms with Crippen molar-refractivity contribution in [2.24, 2.45) is 0 Å². The molecule has 0 radical (unpaired) electrons. The molecule has 0 bridgehead atoms. The molecular weight excluding hydrogens is 424 g/mol. The van der Waals surface area contributed by atoms with Gasteiger partial charge in [-0.15, -0.1) is 0 Å². The van der Waals surface area contributed by atoms with E-state index in [9.17, 15) is 4.79 Å². The molecule has 29 heavy (non-hydrogen) atoms. The maximum Gasteiger partial charge on any atom is 0.249 e. The van der Waals surface area contributed by atoms with Crippen molar-refractivity contribution in [1.29, 1.82) is 0 Å². The Kier molecular flexibility index (Phi) is 7.62. The molecule has 0 saturated carbocycles. The third-order valence-electron chi connectivity index (χ3n) is 5.12. The first-order chi connectivity index (χ1) is 14.2. The van der Waals surface area contributed by atoms with Gasteiger partial charge in [0.05, 0.1) is 12.2 Å². The van der Waals surface area contributed by atoms with Gasteiger partial charge in [0.25, 0.3) is 0 Å². The minimum atomic E-state index is -0.331. The minimum Gasteiger partial charge on any atom is -0.305 e. The van der Waals surface area contributed by atoms with Gasteiger partial charge in [0.15, 0.2) is 0 Å². The fourth-order valence-corrected chi connectivity index (χ4v) is 4.10. The van der Waals surface area contributed by atoms with Gasteiger partial charge in [-0.1, -0.05) is 86.6 Å². The van der Waals surface area contributed by atoms with Gasteiger partial charge in [0.1, 0.15) is 6.04 Å². The van der Waals surface area contributed by atoms with Crippen molar-refractivity contribution in [3.8, 4) is 0 Å². The van der Waals surface area contributed by atoms with Crippen LogP contribution in [0.25, 0.3) is 0 Å². The molecule has 3 nitrogen and oxygen atoms in total. The van der Waals surface area contributed by atoms with Crippen molar-refractivity contribution >= 4 is 27.5 Å². The Morgan fingerprint density at radius 3 is 1.97 bits per heavy atom. The van der Waals surface area contributed by atoms with Crippen molar-refractivity contribution in [1.82, 2.24) is 4.90 Å². The van der Waals surface area contributed by atoms with Crippen LogP contribution in [-0.4, -0.2) is 23.9 Å². The van der Waals surface area contributed by atoms with Crippen molar-refractivity contribution < 1.29 is 4.79 Å². The van der Waals surface area contributed by atoms with Crippen LogP contribution in [0.1, 0.15) is 31.0 Å². The summed E-state index contributed by atoms with van der Waals surface area (Å²) in [7, 11) is 0. The summed E-state index contributed by atoms with van der Waals surface area (Å²) in [5, 5.41) is 0. The predicted octanol–water partition coefficient (Wildman–Crippen LogP) is 6.07. The van der Waals surface area contributed by atoms with Gasteiger partial charge < -0.3 is 4.90 Å². The first kappa shape index (κ1) is 21.3. The monoisotopic (exact) mass is 450 g/mol. The van der Waals surface area contributed by atoms with Gasteiger partial charge in [-0.2, -0.15) is 0 Å². The average Bonchev–Trinajstić information content (AvgIpc) is 2.77. The Labute approximate surface area is 182 Å². The molecular formula is C25H27BrN2O. The van der Waals surface area contributed by atoms with E-state index in [-0.39, 0.29) is 11.9 Å². The number of carbonyl (C=O) groups excluding carboxylic acids is 1. The standard InChI is InChI=1S/C25H27BrN2O/c1-3-27(4-2)24(21-15-9-6-10-16-21)25(29)28(19-20-13-7-5-8-14-20)23-18-12-11-17-22(23)26/h5-18,24H,3-4,19H2,1-2H3. The largest absolute Gasteiger partial charge is 0.305 e. The van der Waals surface area contributed by atoms with Crippen LogP contribution >= 0.6 is 15.9 Å². The van der Waals surface area contributed by atoms with E-state index in [1.54, 1.807) is 0 Å². The van der Waals surface area contributed by atoms with E-state index >= 15 is 0 Å². The van der Waals surface area contributed by atoms with E-state index in [2.05, 4.69) is 46.8 Å². The molecule has 0 N–H and O–H groups in total. The van der Waals surface area contributed by atoms with Crippen LogP contribution in [0.5, 0.6) is 0 Å². The highest BCUT2D eigenvalue weighted by molar-refractivity contribution is 9.10. The van der Waals surface area contributed by atoms with E-state index in [1.807, 2.05) is 77.7 Å². The molecule has 150 valence electrons. The maximum atomic E-state index is 14.0. The summed E-state index contributed by atoms with van der Waals surface area (Å²) < 4.78 is 0.913. The van der Waals surface area contributed by atoms with Crippen LogP contribution < -0.4 is 4.90 Å². The topological polar surface area (TPSA) is 23.6 Å². The van der Waals surface area contributed by atoms with E-state index in [0.29, 0.717) is 6.54 Å². The lowest BCUT2D eigenvalue weighted by atomic mass is 10.0. The molecule has 0 aliphatic carbocycles. The summed E-state index contributed by atoms with van der Waals surface area (Å²) in [4.78, 5) is 18.1. The zero-order valence-electron chi connectivity index (χ0n) is 17.0. The van der Waals surface area contributed by atoms with Gasteiger partial charge in [-0.3, -0.25) is 9.69 Å². The van der Waals surface area contributed by atoms with Crippen LogP contribution in [0, 0.1) is 0 Å². The van der Waals surface area contributed by atoms with Crippen molar-refractivity contribution in [2.45, 2.75) is 26.4 Å². The van der Waals surface area contributed by atoms with Gasteiger partial charge in [0.2, 0.25) is 5.91 Å². The Morgan fingerprint density at radius 1 is 0.828 bits per heavy atom. The second-order valence-electron chi connectivity index (χ2n) is 6.90. The zero-order valence-corrected chi connectivity index (χ0v) is 18.5. The lowest BCUT2D eigenvalue weighted by Crippen LogP contribution is -2.43. The maximum absolute atomic E-state index is 14.0. The Bertz CT molecular complexity index is 910. The molecule has 0 aliphatic heterocycles. The van der Waals surface area contributed by atoms with E-state index in [0.717, 1.165) is 34.4 Å². The van der Waals surface area contributed by atoms with Crippen LogP contribution in [0.2, 0.25) is 0 Å². The number of hydrogen-bond donors (Lipinski definition) is 0. The molecule has 4 heteroatoms. The summed E-state index contributed by atoms with van der Waals surface area (Å²) in [6.45, 7) is 6.33. The molecule has 1 atom stereocenters. The molecule has 0 saturated heterocycles. The summed E-state index contributed by atoms with van der Waals surface area (Å²) in [6, 6.07) is 27.8. The number of nitrogens with zero attached hydrogens (tertiary/aromatic N) is 2. The number of carbonyl (C=O) groups is 1. The summed E-state index contributed by atoms with van der Waals surface area (Å²) in [5.41, 5.74) is 3.00. The second kappa shape index (κ2) is 10.4. The molecule has 0 aromatic heterocycles. The molecule has 3 rings (SSSR count). The quantitative estimate of drug-likeness (QED) is 0.415. The Hall–Kier alpha value is -2.43. The van der Waals surface area contributed by atoms with Crippen LogP contribution in [0.15, 0.2) is 89.4 Å². The first-order valence-corrected chi connectivity index (χ1v) is 10.8. The number of para-hydroxylation sites is 1. The minimum absolute atomic E-state index is 0.0793. The Morgan fingerprint density at radius 2 is 1.38 bits per heavy atom. The highest BCUT2D eigenvalue weighted by Crippen LogP contribution is 2.32. The third-order valence-corrected chi connectivity index (χ3v) is 5.79. The number of rotatable bonds is 8. The van der Waals surface area contributed by atoms with Crippen molar-refractivity contribution in [2.75, 3.05) is 18.0 Å². The van der Waals surface area contributed by atoms with E-state index < -0.39 is 0 Å².